The monoisotopic (exact) mass is 179 g/mol. The lowest BCUT2D eigenvalue weighted by Gasteiger charge is -2.21. The summed E-state index contributed by atoms with van der Waals surface area (Å²) in [6.45, 7) is 0.767. The Labute approximate surface area is 77.4 Å². The number of hydrogen-bond donors (Lipinski definition) is 1. The lowest BCUT2D eigenvalue weighted by atomic mass is 9.92. The van der Waals surface area contributed by atoms with Crippen molar-refractivity contribution in [2.45, 2.75) is 11.7 Å². The van der Waals surface area contributed by atoms with Crippen LogP contribution in [-0.4, -0.2) is 11.8 Å². The minimum absolute atomic E-state index is 0.626. The fraction of sp³-hybridized carbons (Fsp3) is 0.400. The van der Waals surface area contributed by atoms with Gasteiger partial charge in [-0.15, -0.1) is 11.8 Å². The van der Waals surface area contributed by atoms with Gasteiger partial charge in [0.15, 0.2) is 0 Å². The van der Waals surface area contributed by atoms with E-state index in [-0.39, 0.29) is 0 Å². The maximum absolute atomic E-state index is 5.55. The van der Waals surface area contributed by atoms with Crippen LogP contribution in [-0.2, 0) is 0 Å². The van der Waals surface area contributed by atoms with Gasteiger partial charge in [-0.3, -0.25) is 0 Å². The van der Waals surface area contributed by atoms with Gasteiger partial charge in [-0.2, -0.15) is 0 Å². The molecular formula is C10H13NS. The Morgan fingerprint density at radius 3 is 3.17 bits per heavy atom. The van der Waals surface area contributed by atoms with Crippen LogP contribution in [0.4, 0.5) is 0 Å². The predicted octanol–water partition coefficient (Wildman–Crippen LogP) is 2.08. The van der Waals surface area contributed by atoms with Crippen molar-refractivity contribution in [3.05, 3.63) is 35.3 Å². The Morgan fingerprint density at radius 2 is 2.33 bits per heavy atom. The van der Waals surface area contributed by atoms with E-state index in [0.717, 1.165) is 13.0 Å². The van der Waals surface area contributed by atoms with E-state index in [9.17, 15) is 0 Å². The van der Waals surface area contributed by atoms with Gasteiger partial charge in [0, 0.05) is 11.2 Å². The Hall–Kier alpha value is -0.470. The predicted molar refractivity (Wildman–Crippen MR) is 54.9 cm³/mol. The van der Waals surface area contributed by atoms with Crippen molar-refractivity contribution in [3.8, 4) is 0 Å². The van der Waals surface area contributed by atoms with E-state index in [1.165, 1.54) is 5.57 Å². The molecule has 0 bridgehead atoms. The molecule has 0 radical (unpaired) electrons. The zero-order valence-electron chi connectivity index (χ0n) is 6.94. The average molecular weight is 179 g/mol. The van der Waals surface area contributed by atoms with Crippen LogP contribution in [0.25, 0.3) is 0 Å². The fourth-order valence-electron chi connectivity index (χ4n) is 1.71. The Bertz CT molecular complexity index is 253. The number of rotatable bonds is 2. The van der Waals surface area contributed by atoms with Gasteiger partial charge in [-0.25, -0.2) is 0 Å². The van der Waals surface area contributed by atoms with Crippen LogP contribution in [0, 0.1) is 5.92 Å². The highest BCUT2D eigenvalue weighted by Gasteiger charge is 2.25. The normalized spacial score (nSPS) is 31.9. The minimum Gasteiger partial charge on any atom is -0.330 e. The number of nitrogens with two attached hydrogens (primary N) is 1. The highest BCUT2D eigenvalue weighted by atomic mass is 32.2. The average Bonchev–Trinajstić information content (AvgIpc) is 2.53. The molecule has 2 atom stereocenters. The van der Waals surface area contributed by atoms with Crippen molar-refractivity contribution in [3.63, 3.8) is 0 Å². The summed E-state index contributed by atoms with van der Waals surface area (Å²) in [4.78, 5) is 0. The molecule has 0 aromatic carbocycles. The molecular weight excluding hydrogens is 166 g/mol. The van der Waals surface area contributed by atoms with Crippen molar-refractivity contribution in [2.75, 3.05) is 6.54 Å². The number of hydrogen-bond acceptors (Lipinski definition) is 2. The van der Waals surface area contributed by atoms with E-state index in [2.05, 4.69) is 29.7 Å². The summed E-state index contributed by atoms with van der Waals surface area (Å²) in [5.74, 6) is 0.626. The molecule has 0 spiro atoms. The van der Waals surface area contributed by atoms with Crippen LogP contribution < -0.4 is 5.73 Å². The first-order chi connectivity index (χ1) is 5.92. The molecule has 2 heteroatoms. The minimum atomic E-state index is 0.626. The molecule has 2 rings (SSSR count). The second kappa shape index (κ2) is 3.50. The van der Waals surface area contributed by atoms with Crippen molar-refractivity contribution >= 4 is 11.8 Å². The molecule has 2 N–H and O–H groups in total. The second-order valence-electron chi connectivity index (χ2n) is 3.13. The third kappa shape index (κ3) is 1.37. The number of fused-ring (bicyclic) bond motifs is 1. The first kappa shape index (κ1) is 8.14. The van der Waals surface area contributed by atoms with Crippen molar-refractivity contribution in [1.82, 2.24) is 0 Å². The van der Waals surface area contributed by atoms with Gasteiger partial charge in [0.1, 0.15) is 0 Å². The third-order valence-corrected chi connectivity index (χ3v) is 3.54. The van der Waals surface area contributed by atoms with Crippen molar-refractivity contribution in [2.24, 2.45) is 11.7 Å². The molecule has 1 heterocycles. The molecule has 1 nitrogen and oxygen atoms in total. The van der Waals surface area contributed by atoms with Gasteiger partial charge in [-0.05, 0) is 18.4 Å². The fourth-order valence-corrected chi connectivity index (χ4v) is 2.88. The zero-order chi connectivity index (χ0) is 8.39. The van der Waals surface area contributed by atoms with E-state index in [0.29, 0.717) is 11.2 Å². The van der Waals surface area contributed by atoms with Gasteiger partial charge in [-0.1, -0.05) is 29.9 Å². The van der Waals surface area contributed by atoms with Crippen LogP contribution in [0.3, 0.4) is 0 Å². The van der Waals surface area contributed by atoms with E-state index < -0.39 is 0 Å². The lowest BCUT2D eigenvalue weighted by molar-refractivity contribution is 0.768. The molecule has 1 aliphatic carbocycles. The molecule has 0 saturated carbocycles. The van der Waals surface area contributed by atoms with Crippen LogP contribution in [0.5, 0.6) is 0 Å². The van der Waals surface area contributed by atoms with Gasteiger partial charge in [0.2, 0.25) is 0 Å². The summed E-state index contributed by atoms with van der Waals surface area (Å²) >= 11 is 1.92. The Balaban J connectivity index is 2.13. The maximum Gasteiger partial charge on any atom is 0.0399 e. The molecule has 2 aliphatic rings. The van der Waals surface area contributed by atoms with E-state index >= 15 is 0 Å². The Kier molecular flexibility index (Phi) is 2.38. The zero-order valence-corrected chi connectivity index (χ0v) is 7.76. The van der Waals surface area contributed by atoms with Crippen molar-refractivity contribution in [1.29, 1.82) is 0 Å². The first-order valence-electron chi connectivity index (χ1n) is 4.31. The van der Waals surface area contributed by atoms with Crippen molar-refractivity contribution < 1.29 is 0 Å². The van der Waals surface area contributed by atoms with Gasteiger partial charge in [0.25, 0.3) is 0 Å². The maximum atomic E-state index is 5.55. The molecule has 0 aromatic rings. The lowest BCUT2D eigenvalue weighted by Crippen LogP contribution is -2.17. The van der Waals surface area contributed by atoms with Crippen LogP contribution in [0.2, 0.25) is 0 Å². The molecule has 0 aromatic heterocycles. The number of allylic oxidation sites excluding steroid dienone is 4. The second-order valence-corrected chi connectivity index (χ2v) is 4.18. The third-order valence-electron chi connectivity index (χ3n) is 2.32. The van der Waals surface area contributed by atoms with E-state index in [4.69, 9.17) is 5.73 Å². The molecule has 0 fully saturated rings. The quantitative estimate of drug-likeness (QED) is 0.702. The smallest absolute Gasteiger partial charge is 0.0399 e. The molecule has 64 valence electrons. The number of thioether (sulfide) groups is 1. The van der Waals surface area contributed by atoms with Crippen LogP contribution >= 0.6 is 11.8 Å². The Morgan fingerprint density at radius 1 is 1.42 bits per heavy atom. The highest BCUT2D eigenvalue weighted by molar-refractivity contribution is 8.03. The summed E-state index contributed by atoms with van der Waals surface area (Å²) in [6, 6.07) is 0. The summed E-state index contributed by atoms with van der Waals surface area (Å²) in [7, 11) is 0. The highest BCUT2D eigenvalue weighted by Crippen LogP contribution is 2.38. The summed E-state index contributed by atoms with van der Waals surface area (Å²) in [5, 5.41) is 2.86. The van der Waals surface area contributed by atoms with Crippen LogP contribution in [0.1, 0.15) is 6.42 Å². The molecule has 1 aliphatic heterocycles. The van der Waals surface area contributed by atoms with Gasteiger partial charge in [0.05, 0.1) is 0 Å². The largest absolute Gasteiger partial charge is 0.330 e. The molecule has 2 unspecified atom stereocenters. The SMILES string of the molecule is NCCC1=CC=CC2C=CSC12. The summed E-state index contributed by atoms with van der Waals surface area (Å²) in [5.41, 5.74) is 7.05. The summed E-state index contributed by atoms with van der Waals surface area (Å²) in [6.07, 6.45) is 9.95. The van der Waals surface area contributed by atoms with E-state index in [1.807, 2.05) is 11.8 Å². The molecule has 0 saturated heterocycles. The molecule has 0 amide bonds. The van der Waals surface area contributed by atoms with Gasteiger partial charge >= 0.3 is 0 Å². The van der Waals surface area contributed by atoms with Gasteiger partial charge < -0.3 is 5.73 Å². The first-order valence-corrected chi connectivity index (χ1v) is 5.25. The standard InChI is InChI=1S/C10H13NS/c11-6-4-8-2-1-3-9-5-7-12-10(8)9/h1-3,5,7,9-10H,4,6,11H2. The topological polar surface area (TPSA) is 26.0 Å². The van der Waals surface area contributed by atoms with E-state index in [1.54, 1.807) is 0 Å². The van der Waals surface area contributed by atoms with Crippen LogP contribution in [0.15, 0.2) is 35.3 Å². The summed E-state index contributed by atoms with van der Waals surface area (Å²) < 4.78 is 0. The molecule has 12 heavy (non-hydrogen) atoms.